The molecule has 0 bridgehead atoms. The average molecular weight is 443 g/mol. The molecule has 0 N–H and O–H groups in total. The van der Waals surface area contributed by atoms with E-state index < -0.39 is 16.6 Å². The van der Waals surface area contributed by atoms with Crippen LogP contribution in [0.2, 0.25) is 39.3 Å². The quantitative estimate of drug-likeness (QED) is 0.223. The lowest BCUT2D eigenvalue weighted by molar-refractivity contribution is -0.00701. The Morgan fingerprint density at radius 3 is 2.00 bits per heavy atom. The van der Waals surface area contributed by atoms with E-state index in [-0.39, 0.29) is 11.7 Å². The molecule has 0 rings (SSSR count). The van der Waals surface area contributed by atoms with Crippen LogP contribution in [0.4, 0.5) is 0 Å². The van der Waals surface area contributed by atoms with Crippen molar-refractivity contribution in [3.63, 3.8) is 0 Å². The Balaban J connectivity index is 5.25. The van der Waals surface area contributed by atoms with Crippen LogP contribution in [0.3, 0.4) is 0 Å². The predicted octanol–water partition coefficient (Wildman–Crippen LogP) is 6.35. The van der Waals surface area contributed by atoms with Gasteiger partial charge in [0.2, 0.25) is 0 Å². The molecule has 2 atom stereocenters. The van der Waals surface area contributed by atoms with Crippen LogP contribution < -0.4 is 0 Å². The highest BCUT2D eigenvalue weighted by Gasteiger charge is 2.39. The topological polar surface area (TPSA) is 18.5 Å². The Kier molecular flexibility index (Phi) is 9.56. The van der Waals surface area contributed by atoms with E-state index >= 15 is 0 Å². The third kappa shape index (κ3) is 10.3. The smallest absolute Gasteiger partial charge is 0.185 e. The molecule has 0 heterocycles. The van der Waals surface area contributed by atoms with Crippen LogP contribution in [-0.4, -0.2) is 28.3 Å². The zero-order valence-electron chi connectivity index (χ0n) is 15.3. The van der Waals surface area contributed by atoms with Crippen molar-refractivity contribution in [3.8, 4) is 0 Å². The summed E-state index contributed by atoms with van der Waals surface area (Å²) in [4.78, 5) is 0. The molecule has 126 valence electrons. The van der Waals surface area contributed by atoms with Gasteiger partial charge in [0.25, 0.3) is 0 Å². The highest BCUT2D eigenvalue weighted by atomic mass is 127. The minimum Gasteiger partial charge on any atom is -0.412 e. The molecule has 2 unspecified atom stereocenters. The first kappa shape index (κ1) is 21.8. The summed E-state index contributed by atoms with van der Waals surface area (Å²) in [6.45, 7) is 18.0. The van der Waals surface area contributed by atoms with E-state index in [1.54, 1.807) is 0 Å². The summed E-state index contributed by atoms with van der Waals surface area (Å²) in [7, 11) is -3.23. The summed E-state index contributed by atoms with van der Waals surface area (Å²) in [5.74, 6) is 0. The Hall–Kier alpha value is 0.824. The molecule has 0 fully saturated rings. The highest BCUT2D eigenvalue weighted by molar-refractivity contribution is 14.1. The van der Waals surface area contributed by atoms with Gasteiger partial charge in [0.15, 0.2) is 16.6 Å². The fourth-order valence-corrected chi connectivity index (χ4v) is 5.90. The summed E-state index contributed by atoms with van der Waals surface area (Å²) >= 11 is 2.29. The van der Waals surface area contributed by atoms with Crippen molar-refractivity contribution in [2.24, 2.45) is 0 Å². The van der Waals surface area contributed by atoms with E-state index in [9.17, 15) is 0 Å². The van der Waals surface area contributed by atoms with E-state index in [1.807, 2.05) is 0 Å². The Morgan fingerprint density at radius 1 is 1.05 bits per heavy atom. The first-order valence-corrected chi connectivity index (χ1v) is 16.2. The van der Waals surface area contributed by atoms with Crippen molar-refractivity contribution in [1.29, 1.82) is 0 Å². The SMILES string of the molecule is CCCCCC(O[Si](C)(C)C)C(C)(C=CI)O[Si](C)(C)C. The van der Waals surface area contributed by atoms with Crippen LogP contribution in [0, 0.1) is 0 Å². The molecule has 0 aromatic heterocycles. The van der Waals surface area contributed by atoms with Gasteiger partial charge in [-0.2, -0.15) is 0 Å². The molecule has 0 aromatic carbocycles. The lowest BCUT2D eigenvalue weighted by atomic mass is 9.95. The molecule has 0 aliphatic heterocycles. The fourth-order valence-electron chi connectivity index (χ4n) is 2.46. The minimum absolute atomic E-state index is 0.161. The molecule has 0 spiro atoms. The number of hydrogen-bond acceptors (Lipinski definition) is 2. The molecule has 5 heteroatoms. The van der Waals surface area contributed by atoms with Crippen LogP contribution >= 0.6 is 22.6 Å². The van der Waals surface area contributed by atoms with Gasteiger partial charge in [0.05, 0.1) is 11.7 Å². The maximum absolute atomic E-state index is 6.55. The third-order valence-electron chi connectivity index (χ3n) is 3.13. The first-order chi connectivity index (χ1) is 9.43. The third-order valence-corrected chi connectivity index (χ3v) is 5.53. The molecule has 0 aliphatic rings. The molecule has 0 amide bonds. The zero-order valence-corrected chi connectivity index (χ0v) is 19.4. The van der Waals surface area contributed by atoms with Crippen molar-refractivity contribution in [1.82, 2.24) is 0 Å². The van der Waals surface area contributed by atoms with Crippen LogP contribution in [0.25, 0.3) is 0 Å². The van der Waals surface area contributed by atoms with Crippen molar-refractivity contribution >= 4 is 39.2 Å². The molecule has 21 heavy (non-hydrogen) atoms. The standard InChI is InChI=1S/C16H35IO2Si2/c1-9-10-11-12-15(18-20(3,4)5)16(2,13-14-17)19-21(6,7)8/h13-15H,9-12H2,1-8H3. The Morgan fingerprint density at radius 2 is 1.62 bits per heavy atom. The van der Waals surface area contributed by atoms with Gasteiger partial charge in [-0.15, -0.1) is 0 Å². The molecule has 0 saturated heterocycles. The molecule has 2 nitrogen and oxygen atoms in total. The highest BCUT2D eigenvalue weighted by Crippen LogP contribution is 2.31. The van der Waals surface area contributed by atoms with Crippen LogP contribution in [0.15, 0.2) is 10.2 Å². The van der Waals surface area contributed by atoms with Crippen molar-refractivity contribution in [2.45, 2.75) is 90.5 Å². The Bertz CT molecular complexity index is 321. The Labute approximate surface area is 148 Å². The zero-order chi connectivity index (χ0) is 16.7. The molecular formula is C16H35IO2Si2. The summed E-state index contributed by atoms with van der Waals surface area (Å²) in [6, 6.07) is 0. The second-order valence-corrected chi connectivity index (χ2v) is 17.5. The van der Waals surface area contributed by atoms with E-state index in [2.05, 4.69) is 85.9 Å². The molecule has 0 radical (unpaired) electrons. The van der Waals surface area contributed by atoms with Crippen molar-refractivity contribution in [2.75, 3.05) is 0 Å². The van der Waals surface area contributed by atoms with Gasteiger partial charge < -0.3 is 8.85 Å². The number of hydrogen-bond donors (Lipinski definition) is 0. The maximum Gasteiger partial charge on any atom is 0.185 e. The van der Waals surface area contributed by atoms with Gasteiger partial charge in [0.1, 0.15) is 0 Å². The lowest BCUT2D eigenvalue weighted by Crippen LogP contribution is -2.51. The summed E-state index contributed by atoms with van der Waals surface area (Å²) < 4.78 is 15.2. The van der Waals surface area contributed by atoms with Crippen molar-refractivity contribution in [3.05, 3.63) is 10.2 Å². The van der Waals surface area contributed by atoms with E-state index in [4.69, 9.17) is 8.85 Å². The van der Waals surface area contributed by atoms with Gasteiger partial charge in [-0.25, -0.2) is 0 Å². The van der Waals surface area contributed by atoms with Gasteiger partial charge in [-0.3, -0.25) is 0 Å². The first-order valence-electron chi connectivity index (χ1n) is 8.09. The van der Waals surface area contributed by atoms with E-state index in [0.717, 1.165) is 6.42 Å². The summed E-state index contributed by atoms with van der Waals surface area (Å²) in [5, 5.41) is 0. The van der Waals surface area contributed by atoms with Crippen LogP contribution in [0.5, 0.6) is 0 Å². The maximum atomic E-state index is 6.55. The summed E-state index contributed by atoms with van der Waals surface area (Å²) in [5.41, 5.74) is -0.306. The van der Waals surface area contributed by atoms with Gasteiger partial charge in [-0.1, -0.05) is 48.8 Å². The van der Waals surface area contributed by atoms with Gasteiger partial charge >= 0.3 is 0 Å². The number of unbranched alkanes of at least 4 members (excludes halogenated alkanes) is 2. The van der Waals surface area contributed by atoms with Gasteiger partial charge in [0, 0.05) is 0 Å². The molecule has 0 aromatic rings. The normalized spacial score (nSPS) is 18.0. The average Bonchev–Trinajstić information content (AvgIpc) is 2.24. The molecular weight excluding hydrogens is 407 g/mol. The van der Waals surface area contributed by atoms with Gasteiger partial charge in [-0.05, 0) is 62.8 Å². The molecule has 0 aliphatic carbocycles. The number of rotatable bonds is 10. The monoisotopic (exact) mass is 442 g/mol. The minimum atomic E-state index is -1.63. The van der Waals surface area contributed by atoms with E-state index in [1.165, 1.54) is 19.3 Å². The van der Waals surface area contributed by atoms with E-state index in [0.29, 0.717) is 0 Å². The van der Waals surface area contributed by atoms with Crippen LogP contribution in [0.1, 0.15) is 39.5 Å². The molecule has 0 saturated carbocycles. The van der Waals surface area contributed by atoms with Crippen molar-refractivity contribution < 1.29 is 8.85 Å². The fraction of sp³-hybridized carbons (Fsp3) is 0.875. The number of halogens is 1. The van der Waals surface area contributed by atoms with Crippen LogP contribution in [-0.2, 0) is 8.85 Å². The summed E-state index contributed by atoms with van der Waals surface area (Å²) in [6.07, 6.45) is 7.16. The predicted molar refractivity (Wildman–Crippen MR) is 108 cm³/mol. The lowest BCUT2D eigenvalue weighted by Gasteiger charge is -2.42. The second kappa shape index (κ2) is 9.20. The second-order valence-electron chi connectivity index (χ2n) is 7.91. The largest absolute Gasteiger partial charge is 0.412 e.